The molecule has 2 N–H and O–H groups in total. The van der Waals surface area contributed by atoms with Crippen LogP contribution in [0.2, 0.25) is 0 Å². The minimum absolute atomic E-state index is 0.00831. The second kappa shape index (κ2) is 6.79. The number of ether oxygens (including phenoxy) is 1. The Morgan fingerprint density at radius 3 is 2.62 bits per heavy atom. The molecule has 0 aromatic heterocycles. The molecule has 0 bridgehead atoms. The Hall–Kier alpha value is -2.49. The van der Waals surface area contributed by atoms with Gasteiger partial charge in [-0.1, -0.05) is 24.3 Å². The normalized spacial score (nSPS) is 10.2. The lowest BCUT2D eigenvalue weighted by Crippen LogP contribution is -2.35. The molecule has 0 saturated carbocycles. The number of hydrogen-bond donors (Lipinski definition) is 1. The van der Waals surface area contributed by atoms with Gasteiger partial charge in [-0.2, -0.15) is 0 Å². The van der Waals surface area contributed by atoms with Crippen LogP contribution in [0.15, 0.2) is 48.5 Å². The summed E-state index contributed by atoms with van der Waals surface area (Å²) >= 11 is 0. The Bertz CT molecular complexity index is 626. The summed E-state index contributed by atoms with van der Waals surface area (Å²) in [5, 5.41) is 0. The molecule has 0 radical (unpaired) electrons. The largest absolute Gasteiger partial charge is 0.484 e. The SMILES string of the molecule is CCN(C(=O)COc1cccc(N)c1)c1ccccc1C. The summed E-state index contributed by atoms with van der Waals surface area (Å²) in [6.07, 6.45) is 0. The molecule has 0 saturated heterocycles. The van der Waals surface area contributed by atoms with Crippen molar-refractivity contribution in [2.75, 3.05) is 23.8 Å². The van der Waals surface area contributed by atoms with Gasteiger partial charge in [0.05, 0.1) is 0 Å². The molecule has 21 heavy (non-hydrogen) atoms. The van der Waals surface area contributed by atoms with Gasteiger partial charge in [-0.25, -0.2) is 0 Å². The summed E-state index contributed by atoms with van der Waals surface area (Å²) in [5.74, 6) is 0.526. The fourth-order valence-corrected chi connectivity index (χ4v) is 2.17. The first-order chi connectivity index (χ1) is 10.1. The van der Waals surface area contributed by atoms with Crippen molar-refractivity contribution in [3.8, 4) is 5.75 Å². The Labute approximate surface area is 125 Å². The van der Waals surface area contributed by atoms with Crippen LogP contribution in [0, 0.1) is 6.92 Å². The summed E-state index contributed by atoms with van der Waals surface area (Å²) in [7, 11) is 0. The average Bonchev–Trinajstić information content (AvgIpc) is 2.48. The second-order valence-electron chi connectivity index (χ2n) is 4.79. The zero-order valence-electron chi connectivity index (χ0n) is 12.4. The van der Waals surface area contributed by atoms with Gasteiger partial charge in [0.25, 0.3) is 5.91 Å². The molecule has 1 amide bonds. The van der Waals surface area contributed by atoms with Gasteiger partial charge in [0.2, 0.25) is 0 Å². The summed E-state index contributed by atoms with van der Waals surface area (Å²) in [4.78, 5) is 14.1. The highest BCUT2D eigenvalue weighted by molar-refractivity contribution is 5.95. The number of carbonyl (C=O) groups is 1. The summed E-state index contributed by atoms with van der Waals surface area (Å²) in [6.45, 7) is 4.53. The first-order valence-electron chi connectivity index (χ1n) is 6.96. The molecule has 2 aromatic carbocycles. The lowest BCUT2D eigenvalue weighted by molar-refractivity contribution is -0.120. The lowest BCUT2D eigenvalue weighted by Gasteiger charge is -2.23. The van der Waals surface area contributed by atoms with Gasteiger partial charge >= 0.3 is 0 Å². The molecular weight excluding hydrogens is 264 g/mol. The number of rotatable bonds is 5. The second-order valence-corrected chi connectivity index (χ2v) is 4.79. The number of nitrogens with two attached hydrogens (primary N) is 1. The van der Waals surface area contributed by atoms with Crippen LogP contribution in [0.25, 0.3) is 0 Å². The van der Waals surface area contributed by atoms with E-state index in [0.29, 0.717) is 18.0 Å². The molecule has 0 unspecified atom stereocenters. The summed E-state index contributed by atoms with van der Waals surface area (Å²) in [6, 6.07) is 14.9. The van der Waals surface area contributed by atoms with Crippen molar-refractivity contribution in [2.45, 2.75) is 13.8 Å². The smallest absolute Gasteiger partial charge is 0.264 e. The highest BCUT2D eigenvalue weighted by atomic mass is 16.5. The van der Waals surface area contributed by atoms with Crippen molar-refractivity contribution >= 4 is 17.3 Å². The minimum Gasteiger partial charge on any atom is -0.484 e. The Kier molecular flexibility index (Phi) is 4.82. The van der Waals surface area contributed by atoms with Gasteiger partial charge in [-0.15, -0.1) is 0 Å². The van der Waals surface area contributed by atoms with E-state index in [1.807, 2.05) is 38.1 Å². The van der Waals surface area contributed by atoms with Gasteiger partial charge in [0, 0.05) is 24.0 Å². The van der Waals surface area contributed by atoms with Crippen molar-refractivity contribution in [1.82, 2.24) is 0 Å². The number of aryl methyl sites for hydroxylation is 1. The van der Waals surface area contributed by atoms with Crippen molar-refractivity contribution in [1.29, 1.82) is 0 Å². The lowest BCUT2D eigenvalue weighted by atomic mass is 10.2. The first kappa shape index (κ1) is 14.9. The molecule has 2 rings (SSSR count). The first-order valence-corrected chi connectivity index (χ1v) is 6.96. The molecule has 4 nitrogen and oxygen atoms in total. The molecule has 2 aromatic rings. The fraction of sp³-hybridized carbons (Fsp3) is 0.235. The zero-order valence-corrected chi connectivity index (χ0v) is 12.4. The maximum absolute atomic E-state index is 12.4. The van der Waals surface area contributed by atoms with E-state index in [-0.39, 0.29) is 12.5 Å². The summed E-state index contributed by atoms with van der Waals surface area (Å²) < 4.78 is 5.52. The van der Waals surface area contributed by atoms with E-state index in [2.05, 4.69) is 0 Å². The number of nitrogen functional groups attached to an aromatic ring is 1. The zero-order chi connectivity index (χ0) is 15.2. The number of benzene rings is 2. The Morgan fingerprint density at radius 2 is 1.95 bits per heavy atom. The van der Waals surface area contributed by atoms with Crippen LogP contribution in [-0.4, -0.2) is 19.1 Å². The van der Waals surface area contributed by atoms with E-state index in [4.69, 9.17) is 10.5 Å². The van der Waals surface area contributed by atoms with E-state index in [1.165, 1.54) is 0 Å². The molecule has 0 heterocycles. The maximum atomic E-state index is 12.4. The Balaban J connectivity index is 2.06. The molecular formula is C17H20N2O2. The van der Waals surface area contributed by atoms with Crippen LogP contribution in [0.3, 0.4) is 0 Å². The van der Waals surface area contributed by atoms with Crippen molar-refractivity contribution in [2.24, 2.45) is 0 Å². The molecule has 110 valence electrons. The third-order valence-corrected chi connectivity index (χ3v) is 3.24. The highest BCUT2D eigenvalue weighted by Crippen LogP contribution is 2.20. The van der Waals surface area contributed by atoms with Gasteiger partial charge in [0.1, 0.15) is 5.75 Å². The van der Waals surface area contributed by atoms with Crippen molar-refractivity contribution < 1.29 is 9.53 Å². The predicted molar refractivity (Wildman–Crippen MR) is 85.6 cm³/mol. The number of carbonyl (C=O) groups excluding carboxylic acids is 1. The van der Waals surface area contributed by atoms with Crippen LogP contribution in [-0.2, 0) is 4.79 Å². The van der Waals surface area contributed by atoms with Crippen LogP contribution in [0.4, 0.5) is 11.4 Å². The van der Waals surface area contributed by atoms with E-state index in [0.717, 1.165) is 11.3 Å². The number of para-hydroxylation sites is 1. The third kappa shape index (κ3) is 3.75. The number of anilines is 2. The van der Waals surface area contributed by atoms with Gasteiger partial charge < -0.3 is 15.4 Å². The van der Waals surface area contributed by atoms with Gasteiger partial charge in [0.15, 0.2) is 6.61 Å². The van der Waals surface area contributed by atoms with E-state index in [9.17, 15) is 4.79 Å². The van der Waals surface area contributed by atoms with Crippen LogP contribution in [0.5, 0.6) is 5.75 Å². The molecule has 0 fully saturated rings. The Morgan fingerprint density at radius 1 is 1.19 bits per heavy atom. The topological polar surface area (TPSA) is 55.6 Å². The standard InChI is InChI=1S/C17H20N2O2/c1-3-19(16-10-5-4-7-13(16)2)17(20)12-21-15-9-6-8-14(18)11-15/h4-11H,3,12,18H2,1-2H3. The van der Waals surface area contributed by atoms with Crippen LogP contribution < -0.4 is 15.4 Å². The van der Waals surface area contributed by atoms with Crippen LogP contribution >= 0.6 is 0 Å². The molecule has 0 atom stereocenters. The van der Waals surface area contributed by atoms with Crippen molar-refractivity contribution in [3.63, 3.8) is 0 Å². The third-order valence-electron chi connectivity index (χ3n) is 3.24. The maximum Gasteiger partial charge on any atom is 0.264 e. The molecule has 4 heteroatoms. The van der Waals surface area contributed by atoms with E-state index >= 15 is 0 Å². The summed E-state index contributed by atoms with van der Waals surface area (Å²) in [5.41, 5.74) is 8.29. The van der Waals surface area contributed by atoms with E-state index < -0.39 is 0 Å². The van der Waals surface area contributed by atoms with Gasteiger partial charge in [-0.3, -0.25) is 4.79 Å². The molecule has 0 aliphatic rings. The molecule has 0 spiro atoms. The quantitative estimate of drug-likeness (QED) is 0.859. The fourth-order valence-electron chi connectivity index (χ4n) is 2.17. The predicted octanol–water partition coefficient (Wildman–Crippen LogP) is 3.01. The minimum atomic E-state index is -0.0748. The highest BCUT2D eigenvalue weighted by Gasteiger charge is 2.16. The van der Waals surface area contributed by atoms with Crippen molar-refractivity contribution in [3.05, 3.63) is 54.1 Å². The number of likely N-dealkylation sites (N-methyl/N-ethyl adjacent to an activating group) is 1. The van der Waals surface area contributed by atoms with E-state index in [1.54, 1.807) is 29.2 Å². The molecule has 0 aliphatic carbocycles. The van der Waals surface area contributed by atoms with Crippen LogP contribution in [0.1, 0.15) is 12.5 Å². The molecule has 0 aliphatic heterocycles. The average molecular weight is 284 g/mol. The number of nitrogens with zero attached hydrogens (tertiary/aromatic N) is 1. The number of amides is 1. The van der Waals surface area contributed by atoms with Gasteiger partial charge in [-0.05, 0) is 37.6 Å². The number of hydrogen-bond acceptors (Lipinski definition) is 3. The monoisotopic (exact) mass is 284 g/mol.